The maximum atomic E-state index is 3.50. The summed E-state index contributed by atoms with van der Waals surface area (Å²) in [7, 11) is 2.24. The molecule has 2 aliphatic rings. The Kier molecular flexibility index (Phi) is 3.41. The molecule has 0 aromatic heterocycles. The molecule has 1 aromatic rings. The van der Waals surface area contributed by atoms with E-state index in [4.69, 9.17) is 0 Å². The van der Waals surface area contributed by atoms with E-state index < -0.39 is 0 Å². The number of rotatable bonds is 0. The van der Waals surface area contributed by atoms with Gasteiger partial charge in [-0.3, -0.25) is 0 Å². The lowest BCUT2D eigenvalue weighted by Gasteiger charge is -2.24. The molecule has 1 saturated heterocycles. The number of hydrogen-bond donors (Lipinski definition) is 1. The Morgan fingerprint density at radius 3 is 2.81 bits per heavy atom. The van der Waals surface area contributed by atoms with Crippen molar-refractivity contribution in [3.05, 3.63) is 29.8 Å². The van der Waals surface area contributed by atoms with Crippen molar-refractivity contribution in [2.75, 3.05) is 25.0 Å². The molecule has 0 saturated carbocycles. The van der Waals surface area contributed by atoms with E-state index in [9.17, 15) is 0 Å². The number of benzene rings is 1. The SMILES string of the molecule is CN1c2ccccc2C2CCNCCC21.Cl. The number of fused-ring (bicyclic) bond motifs is 3. The van der Waals surface area contributed by atoms with Gasteiger partial charge in [-0.1, -0.05) is 18.2 Å². The highest BCUT2D eigenvalue weighted by atomic mass is 35.5. The van der Waals surface area contributed by atoms with Gasteiger partial charge < -0.3 is 10.2 Å². The molecule has 2 unspecified atom stereocenters. The third-order valence-corrected chi connectivity index (χ3v) is 3.93. The number of hydrogen-bond acceptors (Lipinski definition) is 2. The Balaban J connectivity index is 0.000000963. The van der Waals surface area contributed by atoms with Crippen molar-refractivity contribution in [1.82, 2.24) is 5.32 Å². The van der Waals surface area contributed by atoms with Crippen molar-refractivity contribution in [3.8, 4) is 0 Å². The van der Waals surface area contributed by atoms with Crippen molar-refractivity contribution >= 4 is 18.1 Å². The molecule has 2 heterocycles. The highest BCUT2D eigenvalue weighted by Crippen LogP contribution is 2.43. The molecule has 2 aliphatic heterocycles. The molecule has 1 N–H and O–H groups in total. The van der Waals surface area contributed by atoms with Gasteiger partial charge in [0, 0.05) is 24.7 Å². The number of halogens is 1. The zero-order chi connectivity index (χ0) is 10.3. The molecular weight excluding hydrogens is 220 g/mol. The quantitative estimate of drug-likeness (QED) is 0.747. The molecule has 3 heteroatoms. The van der Waals surface area contributed by atoms with E-state index in [1.54, 1.807) is 5.56 Å². The van der Waals surface area contributed by atoms with Crippen LogP contribution < -0.4 is 10.2 Å². The lowest BCUT2D eigenvalue weighted by Crippen LogP contribution is -2.30. The van der Waals surface area contributed by atoms with E-state index in [0.717, 1.165) is 12.0 Å². The van der Waals surface area contributed by atoms with Gasteiger partial charge in [-0.25, -0.2) is 0 Å². The standard InChI is InChI=1S/C13H18N2.ClH/c1-15-12-5-3-2-4-10(12)11-6-8-14-9-7-13(11)15;/h2-5,11,13-14H,6-9H2,1H3;1H. The number of anilines is 1. The minimum absolute atomic E-state index is 0. The average molecular weight is 239 g/mol. The molecule has 0 radical (unpaired) electrons. The molecule has 1 fully saturated rings. The van der Waals surface area contributed by atoms with Gasteiger partial charge in [0.15, 0.2) is 0 Å². The Morgan fingerprint density at radius 1 is 1.19 bits per heavy atom. The van der Waals surface area contributed by atoms with Crippen molar-refractivity contribution in [3.63, 3.8) is 0 Å². The van der Waals surface area contributed by atoms with Crippen molar-refractivity contribution in [2.45, 2.75) is 24.8 Å². The molecule has 3 rings (SSSR count). The van der Waals surface area contributed by atoms with Gasteiger partial charge in [0.25, 0.3) is 0 Å². The fraction of sp³-hybridized carbons (Fsp3) is 0.538. The largest absolute Gasteiger partial charge is 0.371 e. The molecule has 2 atom stereocenters. The molecular formula is C13H19ClN2. The molecule has 0 aliphatic carbocycles. The normalized spacial score (nSPS) is 27.7. The Bertz CT molecular complexity index is 367. The minimum atomic E-state index is 0. The van der Waals surface area contributed by atoms with E-state index in [0.29, 0.717) is 0 Å². The summed E-state index contributed by atoms with van der Waals surface area (Å²) in [5, 5.41) is 3.50. The van der Waals surface area contributed by atoms with Crippen LogP contribution in [0.1, 0.15) is 24.3 Å². The van der Waals surface area contributed by atoms with E-state index in [1.165, 1.54) is 31.6 Å². The zero-order valence-electron chi connectivity index (χ0n) is 9.65. The van der Waals surface area contributed by atoms with Crippen LogP contribution >= 0.6 is 12.4 Å². The first kappa shape index (κ1) is 11.7. The van der Waals surface area contributed by atoms with Gasteiger partial charge in [0.05, 0.1) is 0 Å². The van der Waals surface area contributed by atoms with E-state index in [-0.39, 0.29) is 12.4 Å². The lowest BCUT2D eigenvalue weighted by molar-refractivity contribution is 0.531. The summed E-state index contributed by atoms with van der Waals surface area (Å²) in [5.41, 5.74) is 3.02. The number of likely N-dealkylation sites (N-methyl/N-ethyl adjacent to an activating group) is 1. The van der Waals surface area contributed by atoms with Crippen LogP contribution in [0.5, 0.6) is 0 Å². The first-order chi connectivity index (χ1) is 7.38. The van der Waals surface area contributed by atoms with E-state index in [2.05, 4.69) is 41.5 Å². The minimum Gasteiger partial charge on any atom is -0.371 e. The lowest BCUT2D eigenvalue weighted by atomic mass is 9.91. The maximum Gasteiger partial charge on any atom is 0.0402 e. The van der Waals surface area contributed by atoms with Crippen LogP contribution in [0.25, 0.3) is 0 Å². The third-order valence-electron chi connectivity index (χ3n) is 3.93. The van der Waals surface area contributed by atoms with Gasteiger partial charge in [0.1, 0.15) is 0 Å². The van der Waals surface area contributed by atoms with Crippen LogP contribution in [0.3, 0.4) is 0 Å². The van der Waals surface area contributed by atoms with Gasteiger partial charge in [0.2, 0.25) is 0 Å². The second-order valence-corrected chi connectivity index (χ2v) is 4.67. The molecule has 2 nitrogen and oxygen atoms in total. The van der Waals surface area contributed by atoms with Crippen molar-refractivity contribution in [1.29, 1.82) is 0 Å². The Labute approximate surface area is 103 Å². The van der Waals surface area contributed by atoms with Gasteiger partial charge >= 0.3 is 0 Å². The van der Waals surface area contributed by atoms with Crippen LogP contribution in [-0.2, 0) is 0 Å². The topological polar surface area (TPSA) is 15.3 Å². The predicted octanol–water partition coefficient (Wildman–Crippen LogP) is 2.39. The van der Waals surface area contributed by atoms with Crippen molar-refractivity contribution < 1.29 is 0 Å². The molecule has 0 spiro atoms. The predicted molar refractivity (Wildman–Crippen MR) is 70.7 cm³/mol. The second kappa shape index (κ2) is 4.64. The highest BCUT2D eigenvalue weighted by Gasteiger charge is 2.36. The Morgan fingerprint density at radius 2 is 1.94 bits per heavy atom. The fourth-order valence-electron chi connectivity index (χ4n) is 3.15. The first-order valence-electron chi connectivity index (χ1n) is 5.90. The summed E-state index contributed by atoms with van der Waals surface area (Å²) >= 11 is 0. The molecule has 0 amide bonds. The van der Waals surface area contributed by atoms with Crippen LogP contribution in [0.15, 0.2) is 24.3 Å². The molecule has 1 aromatic carbocycles. The summed E-state index contributed by atoms with van der Waals surface area (Å²) in [5.74, 6) is 0.751. The Hall–Kier alpha value is -0.730. The molecule has 0 bridgehead atoms. The summed E-state index contributed by atoms with van der Waals surface area (Å²) in [6.07, 6.45) is 2.56. The molecule has 16 heavy (non-hydrogen) atoms. The third kappa shape index (κ3) is 1.70. The monoisotopic (exact) mass is 238 g/mol. The molecule has 88 valence electrons. The van der Waals surface area contributed by atoms with Gasteiger partial charge in [-0.2, -0.15) is 0 Å². The summed E-state index contributed by atoms with van der Waals surface area (Å²) < 4.78 is 0. The number of nitrogens with zero attached hydrogens (tertiary/aromatic N) is 1. The first-order valence-corrected chi connectivity index (χ1v) is 5.90. The second-order valence-electron chi connectivity index (χ2n) is 4.67. The van der Waals surface area contributed by atoms with E-state index >= 15 is 0 Å². The van der Waals surface area contributed by atoms with Gasteiger partial charge in [-0.15, -0.1) is 12.4 Å². The van der Waals surface area contributed by atoms with Crippen LogP contribution in [0.4, 0.5) is 5.69 Å². The summed E-state index contributed by atoms with van der Waals surface area (Å²) in [6, 6.07) is 9.61. The fourth-order valence-corrected chi connectivity index (χ4v) is 3.15. The zero-order valence-corrected chi connectivity index (χ0v) is 10.5. The van der Waals surface area contributed by atoms with Crippen LogP contribution in [-0.4, -0.2) is 26.2 Å². The number of para-hydroxylation sites is 1. The van der Waals surface area contributed by atoms with Crippen LogP contribution in [0, 0.1) is 0 Å². The maximum absolute atomic E-state index is 3.50. The highest BCUT2D eigenvalue weighted by molar-refractivity contribution is 5.85. The smallest absolute Gasteiger partial charge is 0.0402 e. The summed E-state index contributed by atoms with van der Waals surface area (Å²) in [4.78, 5) is 2.48. The summed E-state index contributed by atoms with van der Waals surface area (Å²) in [6.45, 7) is 2.34. The average Bonchev–Trinajstić information content (AvgIpc) is 2.48. The van der Waals surface area contributed by atoms with Crippen LogP contribution in [0.2, 0.25) is 0 Å². The van der Waals surface area contributed by atoms with E-state index in [1.807, 2.05) is 0 Å². The number of nitrogens with one attached hydrogen (secondary N) is 1. The van der Waals surface area contributed by atoms with Gasteiger partial charge in [-0.05, 0) is 37.6 Å². The van der Waals surface area contributed by atoms with Crippen molar-refractivity contribution in [2.24, 2.45) is 0 Å².